The van der Waals surface area contributed by atoms with Gasteiger partial charge in [-0.3, -0.25) is 4.79 Å². The van der Waals surface area contributed by atoms with Crippen LogP contribution in [0.2, 0.25) is 5.02 Å². The number of halogens is 1. The van der Waals surface area contributed by atoms with Crippen molar-refractivity contribution in [1.82, 2.24) is 5.32 Å². The minimum atomic E-state index is -0.413. The Kier molecular flexibility index (Phi) is 5.38. The first-order valence-electron chi connectivity index (χ1n) is 6.61. The summed E-state index contributed by atoms with van der Waals surface area (Å²) < 4.78 is 4.95. The van der Waals surface area contributed by atoms with Crippen molar-refractivity contribution in [2.75, 3.05) is 5.32 Å². The highest BCUT2D eigenvalue weighted by atomic mass is 35.5. The summed E-state index contributed by atoms with van der Waals surface area (Å²) in [7, 11) is 0. The molecule has 0 aliphatic heterocycles. The fourth-order valence-corrected chi connectivity index (χ4v) is 1.89. The van der Waals surface area contributed by atoms with E-state index in [4.69, 9.17) is 16.3 Å². The van der Waals surface area contributed by atoms with Crippen molar-refractivity contribution in [2.45, 2.75) is 13.5 Å². The maximum Gasteiger partial charge on any atom is 0.319 e. The van der Waals surface area contributed by atoms with Crippen LogP contribution in [0.4, 0.5) is 10.5 Å². The molecule has 0 aliphatic carbocycles. The van der Waals surface area contributed by atoms with Crippen molar-refractivity contribution in [3.05, 3.63) is 59.1 Å². The van der Waals surface area contributed by atoms with Gasteiger partial charge in [-0.25, -0.2) is 4.79 Å². The average Bonchev–Trinajstić information content (AvgIpc) is 2.46. The van der Waals surface area contributed by atoms with Gasteiger partial charge in [-0.2, -0.15) is 0 Å². The van der Waals surface area contributed by atoms with Gasteiger partial charge in [0.25, 0.3) is 0 Å². The number of hydrogen-bond acceptors (Lipinski definition) is 3. The van der Waals surface area contributed by atoms with Crippen LogP contribution in [-0.4, -0.2) is 12.0 Å². The van der Waals surface area contributed by atoms with E-state index in [-0.39, 0.29) is 6.03 Å². The average molecular weight is 319 g/mol. The van der Waals surface area contributed by atoms with Crippen LogP contribution >= 0.6 is 11.6 Å². The Labute approximate surface area is 133 Å². The molecular formula is C16H15ClN2O3. The number of urea groups is 1. The SMILES string of the molecule is CC(=O)Oc1cccc(NC(=O)NCc2ccc(Cl)cc2)c1. The number of rotatable bonds is 4. The molecule has 2 amide bonds. The van der Waals surface area contributed by atoms with Gasteiger partial charge < -0.3 is 15.4 Å². The van der Waals surface area contributed by atoms with Crippen LogP contribution in [0.3, 0.4) is 0 Å². The number of nitrogens with one attached hydrogen (secondary N) is 2. The standard InChI is InChI=1S/C16H15ClN2O3/c1-11(20)22-15-4-2-3-14(9-15)19-16(21)18-10-12-5-7-13(17)8-6-12/h2-9H,10H2,1H3,(H2,18,19,21). The lowest BCUT2D eigenvalue weighted by molar-refractivity contribution is -0.131. The Morgan fingerprint density at radius 1 is 1.14 bits per heavy atom. The van der Waals surface area contributed by atoms with E-state index in [2.05, 4.69) is 10.6 Å². The van der Waals surface area contributed by atoms with E-state index in [1.807, 2.05) is 12.1 Å². The molecular weight excluding hydrogens is 304 g/mol. The smallest absolute Gasteiger partial charge is 0.319 e. The number of esters is 1. The fraction of sp³-hybridized carbons (Fsp3) is 0.125. The number of hydrogen-bond donors (Lipinski definition) is 2. The van der Waals surface area contributed by atoms with Crippen molar-refractivity contribution in [3.63, 3.8) is 0 Å². The maximum absolute atomic E-state index is 11.8. The van der Waals surface area contributed by atoms with Crippen LogP contribution < -0.4 is 15.4 Å². The molecule has 5 nitrogen and oxygen atoms in total. The Morgan fingerprint density at radius 3 is 2.55 bits per heavy atom. The van der Waals surface area contributed by atoms with E-state index in [9.17, 15) is 9.59 Å². The van der Waals surface area contributed by atoms with Gasteiger partial charge in [0.15, 0.2) is 0 Å². The first-order valence-corrected chi connectivity index (χ1v) is 6.98. The Balaban J connectivity index is 1.89. The zero-order valence-electron chi connectivity index (χ0n) is 11.9. The summed E-state index contributed by atoms with van der Waals surface area (Å²) in [6.45, 7) is 1.70. The summed E-state index contributed by atoms with van der Waals surface area (Å²) in [6, 6.07) is 13.4. The van der Waals surface area contributed by atoms with E-state index in [0.717, 1.165) is 5.56 Å². The molecule has 2 N–H and O–H groups in total. The molecule has 0 fully saturated rings. The molecule has 0 aromatic heterocycles. The summed E-state index contributed by atoms with van der Waals surface area (Å²) in [5.74, 6) is -0.0349. The Hall–Kier alpha value is -2.53. The van der Waals surface area contributed by atoms with Crippen LogP contribution in [-0.2, 0) is 11.3 Å². The van der Waals surface area contributed by atoms with Gasteiger partial charge in [-0.1, -0.05) is 29.8 Å². The third kappa shape index (κ3) is 5.10. The highest BCUT2D eigenvalue weighted by Gasteiger charge is 2.04. The second-order valence-corrected chi connectivity index (χ2v) is 4.99. The van der Waals surface area contributed by atoms with Crippen molar-refractivity contribution in [2.24, 2.45) is 0 Å². The minimum absolute atomic E-state index is 0.352. The number of carbonyl (C=O) groups is 2. The van der Waals surface area contributed by atoms with E-state index in [0.29, 0.717) is 23.0 Å². The van der Waals surface area contributed by atoms with Gasteiger partial charge in [0, 0.05) is 30.2 Å². The van der Waals surface area contributed by atoms with Crippen LogP contribution in [0.25, 0.3) is 0 Å². The molecule has 0 spiro atoms. The number of ether oxygens (including phenoxy) is 1. The molecule has 0 aliphatic rings. The fourth-order valence-electron chi connectivity index (χ4n) is 1.76. The molecule has 2 rings (SSSR count). The second kappa shape index (κ2) is 7.47. The van der Waals surface area contributed by atoms with Crippen molar-refractivity contribution < 1.29 is 14.3 Å². The lowest BCUT2D eigenvalue weighted by Crippen LogP contribution is -2.28. The molecule has 0 unspecified atom stereocenters. The van der Waals surface area contributed by atoms with Crippen molar-refractivity contribution >= 4 is 29.3 Å². The summed E-state index contributed by atoms with van der Waals surface area (Å²) in [5, 5.41) is 6.04. The van der Waals surface area contributed by atoms with Crippen LogP contribution in [0.1, 0.15) is 12.5 Å². The number of anilines is 1. The van der Waals surface area contributed by atoms with E-state index >= 15 is 0 Å². The van der Waals surface area contributed by atoms with Gasteiger partial charge in [-0.15, -0.1) is 0 Å². The number of carbonyl (C=O) groups excluding carboxylic acids is 2. The Bertz CT molecular complexity index is 671. The molecule has 0 heterocycles. The highest BCUT2D eigenvalue weighted by molar-refractivity contribution is 6.30. The molecule has 6 heteroatoms. The minimum Gasteiger partial charge on any atom is -0.427 e. The first kappa shape index (κ1) is 15.9. The van der Waals surface area contributed by atoms with Crippen LogP contribution in [0.15, 0.2) is 48.5 Å². The molecule has 2 aromatic carbocycles. The van der Waals surface area contributed by atoms with E-state index < -0.39 is 5.97 Å². The van der Waals surface area contributed by atoms with E-state index in [1.54, 1.807) is 36.4 Å². The first-order chi connectivity index (χ1) is 10.5. The van der Waals surface area contributed by atoms with Crippen LogP contribution in [0.5, 0.6) is 5.75 Å². The van der Waals surface area contributed by atoms with Gasteiger partial charge in [0.1, 0.15) is 5.75 Å². The summed E-state index contributed by atoms with van der Waals surface area (Å²) >= 11 is 5.80. The summed E-state index contributed by atoms with van der Waals surface area (Å²) in [5.41, 5.74) is 1.47. The zero-order valence-corrected chi connectivity index (χ0v) is 12.7. The number of amides is 2. The van der Waals surface area contributed by atoms with Gasteiger partial charge in [0.05, 0.1) is 0 Å². The van der Waals surface area contributed by atoms with E-state index in [1.165, 1.54) is 6.92 Å². The monoisotopic (exact) mass is 318 g/mol. The van der Waals surface area contributed by atoms with Crippen molar-refractivity contribution in [1.29, 1.82) is 0 Å². The number of benzene rings is 2. The second-order valence-electron chi connectivity index (χ2n) is 4.56. The van der Waals surface area contributed by atoms with Gasteiger partial charge in [0.2, 0.25) is 0 Å². The van der Waals surface area contributed by atoms with Gasteiger partial charge >= 0.3 is 12.0 Å². The summed E-state index contributed by atoms with van der Waals surface area (Å²) in [6.07, 6.45) is 0. The lowest BCUT2D eigenvalue weighted by atomic mass is 10.2. The quantitative estimate of drug-likeness (QED) is 0.668. The maximum atomic E-state index is 11.8. The third-order valence-corrected chi connectivity index (χ3v) is 2.97. The summed E-state index contributed by atoms with van der Waals surface area (Å²) in [4.78, 5) is 22.7. The molecule has 0 radical (unpaired) electrons. The predicted molar refractivity (Wildman–Crippen MR) is 85.1 cm³/mol. The Morgan fingerprint density at radius 2 is 1.86 bits per heavy atom. The zero-order chi connectivity index (χ0) is 15.9. The molecule has 0 saturated carbocycles. The van der Waals surface area contributed by atoms with Crippen molar-refractivity contribution in [3.8, 4) is 5.75 Å². The highest BCUT2D eigenvalue weighted by Crippen LogP contribution is 2.17. The largest absolute Gasteiger partial charge is 0.427 e. The molecule has 0 saturated heterocycles. The molecule has 0 atom stereocenters. The third-order valence-electron chi connectivity index (χ3n) is 2.72. The molecule has 114 valence electrons. The molecule has 2 aromatic rings. The topological polar surface area (TPSA) is 67.4 Å². The lowest BCUT2D eigenvalue weighted by Gasteiger charge is -2.09. The molecule has 0 bridgehead atoms. The predicted octanol–water partition coefficient (Wildman–Crippen LogP) is 3.59. The molecule has 22 heavy (non-hydrogen) atoms. The van der Waals surface area contributed by atoms with Gasteiger partial charge in [-0.05, 0) is 29.8 Å². The van der Waals surface area contributed by atoms with Crippen LogP contribution in [0, 0.1) is 0 Å². The normalized spacial score (nSPS) is 9.91.